The molecule has 0 radical (unpaired) electrons. The molecule has 1 heterocycles. The van der Waals surface area contributed by atoms with Crippen molar-refractivity contribution < 1.29 is 0 Å². The van der Waals surface area contributed by atoms with Crippen molar-refractivity contribution in [2.75, 3.05) is 4.90 Å². The van der Waals surface area contributed by atoms with Crippen molar-refractivity contribution in [3.63, 3.8) is 0 Å². The molecule has 0 unspecified atom stereocenters. The van der Waals surface area contributed by atoms with Gasteiger partial charge in [0.25, 0.3) is 0 Å². The third kappa shape index (κ3) is 7.24. The lowest BCUT2D eigenvalue weighted by Gasteiger charge is -2.35. The molecule has 10 aromatic carbocycles. The van der Waals surface area contributed by atoms with E-state index >= 15 is 0 Å². The van der Waals surface area contributed by atoms with Gasteiger partial charge < -0.3 is 4.90 Å². The van der Waals surface area contributed by atoms with Gasteiger partial charge in [-0.3, -0.25) is 0 Å². The summed E-state index contributed by atoms with van der Waals surface area (Å²) in [5.74, 6) is 0. The van der Waals surface area contributed by atoms with Crippen LogP contribution in [0.3, 0.4) is 0 Å². The highest BCUT2D eigenvalue weighted by Crippen LogP contribution is 2.52. The van der Waals surface area contributed by atoms with E-state index in [1.165, 1.54) is 154 Å². The second kappa shape index (κ2) is 16.8. The van der Waals surface area contributed by atoms with Gasteiger partial charge in [-0.05, 0) is 146 Å². The molecule has 336 valence electrons. The largest absolute Gasteiger partial charge is 0.309 e. The van der Waals surface area contributed by atoms with E-state index in [0.29, 0.717) is 0 Å². The average molecular weight is 890 g/mol. The first-order valence-corrected chi connectivity index (χ1v) is 24.9. The number of para-hydroxylation sites is 1. The molecule has 1 aliphatic heterocycles. The molecule has 0 fully saturated rings. The average Bonchev–Trinajstić information content (AvgIpc) is 3.29. The molecule has 3 heteroatoms. The standard InChI is InChI=1S/C66H61B2N/c1-38-27-42(5)63(43(6)28-38)67(64-44(7)29-39(2)30-45(64)8)50-25-26-54-58-36-56-52-21-16-17-22-53(52)59(68(65-46(9)31-40(3)32-47(65)10)66-48(11)33-41(4)34-49(66)12)37-57(56)55-23-18-24-60(62(55)58)69(61(54)35-50)51-19-14-13-15-20-51/h13-37H,1-12H3. The Balaban J connectivity index is 1.23. The minimum Gasteiger partial charge on any atom is -0.309 e. The number of nitrogens with zero attached hydrogens (tertiary/aromatic N) is 1. The fourth-order valence-electron chi connectivity index (χ4n) is 13.4. The molecule has 1 nitrogen and oxygen atoms in total. The van der Waals surface area contributed by atoms with Crippen LogP contribution in [0, 0.1) is 83.1 Å². The Kier molecular flexibility index (Phi) is 10.8. The van der Waals surface area contributed by atoms with E-state index in [9.17, 15) is 0 Å². The summed E-state index contributed by atoms with van der Waals surface area (Å²) in [7, 11) is 0. The number of benzene rings is 10. The Morgan fingerprint density at radius 3 is 1.25 bits per heavy atom. The fraction of sp³-hybridized carbons (Fsp3) is 0.182. The van der Waals surface area contributed by atoms with E-state index in [-0.39, 0.29) is 13.4 Å². The molecule has 1 aliphatic rings. The molecule has 0 amide bonds. The summed E-state index contributed by atoms with van der Waals surface area (Å²) >= 11 is 0. The van der Waals surface area contributed by atoms with Gasteiger partial charge in [-0.15, -0.1) is 0 Å². The van der Waals surface area contributed by atoms with Crippen molar-refractivity contribution in [3.05, 3.63) is 218 Å². The van der Waals surface area contributed by atoms with Crippen LogP contribution in [-0.2, 0) is 0 Å². The molecule has 0 aliphatic carbocycles. The lowest BCUT2D eigenvalue weighted by Crippen LogP contribution is -2.56. The Labute approximate surface area is 411 Å². The zero-order chi connectivity index (χ0) is 48.2. The second-order valence-corrected chi connectivity index (χ2v) is 20.8. The first-order valence-electron chi connectivity index (χ1n) is 24.9. The molecule has 0 N–H and O–H groups in total. The van der Waals surface area contributed by atoms with E-state index in [1.807, 2.05) is 0 Å². The minimum atomic E-state index is 0.0424. The topological polar surface area (TPSA) is 3.24 Å². The summed E-state index contributed by atoms with van der Waals surface area (Å²) in [6.07, 6.45) is 0. The lowest BCUT2D eigenvalue weighted by molar-refractivity contribution is 1.29. The number of anilines is 3. The van der Waals surface area contributed by atoms with E-state index < -0.39 is 0 Å². The SMILES string of the molecule is Cc1cc(C)c(B(c2ccc3c(c2)N(c2ccccc2)c2cccc4c2c-3cc2c3ccccc3c(B(c3c(C)cc(C)cc3C)c3c(C)cc(C)cc3C)cc42)c2c(C)cc(C)cc2C)c(C)c1. The predicted molar refractivity (Wildman–Crippen MR) is 305 cm³/mol. The quantitative estimate of drug-likeness (QED) is 0.114. The van der Waals surface area contributed by atoms with Gasteiger partial charge in [0.1, 0.15) is 0 Å². The van der Waals surface area contributed by atoms with Crippen molar-refractivity contribution in [2.45, 2.75) is 83.1 Å². The first kappa shape index (κ1) is 44.4. The number of rotatable bonds is 7. The van der Waals surface area contributed by atoms with Crippen LogP contribution in [0.1, 0.15) is 66.8 Å². The van der Waals surface area contributed by atoms with Crippen LogP contribution in [0.5, 0.6) is 0 Å². The van der Waals surface area contributed by atoms with E-state index in [4.69, 9.17) is 0 Å². The molecular formula is C66H61B2N. The number of hydrogen-bond donors (Lipinski definition) is 0. The Hall–Kier alpha value is -7.09. The lowest BCUT2D eigenvalue weighted by atomic mass is 9.33. The maximum Gasteiger partial charge on any atom is 0.243 e. The minimum absolute atomic E-state index is 0.0424. The highest BCUT2D eigenvalue weighted by Gasteiger charge is 2.35. The van der Waals surface area contributed by atoms with Gasteiger partial charge in [-0.25, -0.2) is 0 Å². The first-order chi connectivity index (χ1) is 33.2. The smallest absolute Gasteiger partial charge is 0.243 e. The summed E-state index contributed by atoms with van der Waals surface area (Å²) in [4.78, 5) is 2.55. The van der Waals surface area contributed by atoms with Crippen LogP contribution in [0.25, 0.3) is 43.4 Å². The summed E-state index contributed by atoms with van der Waals surface area (Å²) in [6.45, 7) is 27.5. The predicted octanol–water partition coefficient (Wildman–Crippen LogP) is 13.3. The number of hydrogen-bond acceptors (Lipinski definition) is 1. The van der Waals surface area contributed by atoms with Gasteiger partial charge >= 0.3 is 0 Å². The van der Waals surface area contributed by atoms with Gasteiger partial charge in [-0.2, -0.15) is 0 Å². The third-order valence-electron chi connectivity index (χ3n) is 15.6. The maximum absolute atomic E-state index is 2.58. The van der Waals surface area contributed by atoms with Crippen molar-refractivity contribution in [1.29, 1.82) is 0 Å². The van der Waals surface area contributed by atoms with Crippen LogP contribution in [0.4, 0.5) is 17.1 Å². The Bertz CT molecular complexity index is 3560. The van der Waals surface area contributed by atoms with Crippen molar-refractivity contribution in [2.24, 2.45) is 0 Å². The molecule has 0 bridgehead atoms. The van der Waals surface area contributed by atoms with E-state index in [1.54, 1.807) is 0 Å². The maximum atomic E-state index is 2.58. The third-order valence-corrected chi connectivity index (χ3v) is 15.6. The highest BCUT2D eigenvalue weighted by molar-refractivity contribution is 6.98. The van der Waals surface area contributed by atoms with E-state index in [2.05, 4.69) is 240 Å². The van der Waals surface area contributed by atoms with Crippen molar-refractivity contribution >= 4 is 95.6 Å². The summed E-state index contributed by atoms with van der Waals surface area (Å²) in [5.41, 5.74) is 30.4. The van der Waals surface area contributed by atoms with Crippen LogP contribution in [-0.4, -0.2) is 13.4 Å². The normalized spacial score (nSPS) is 12.0. The molecule has 0 spiro atoms. The molecule has 0 saturated carbocycles. The van der Waals surface area contributed by atoms with E-state index in [0.717, 1.165) is 5.69 Å². The van der Waals surface area contributed by atoms with Crippen molar-refractivity contribution in [1.82, 2.24) is 0 Å². The molecular weight excluding hydrogens is 828 g/mol. The zero-order valence-electron chi connectivity index (χ0n) is 42.5. The van der Waals surface area contributed by atoms with Crippen LogP contribution < -0.4 is 37.7 Å². The molecule has 11 rings (SSSR count). The summed E-state index contributed by atoms with van der Waals surface area (Å²) < 4.78 is 0. The summed E-state index contributed by atoms with van der Waals surface area (Å²) in [6, 6.07) is 58.8. The van der Waals surface area contributed by atoms with Gasteiger partial charge in [0, 0.05) is 16.6 Å². The van der Waals surface area contributed by atoms with Gasteiger partial charge in [0.05, 0.1) is 11.4 Å². The van der Waals surface area contributed by atoms with Crippen molar-refractivity contribution in [3.8, 4) is 11.1 Å². The number of fused-ring (bicyclic) bond motifs is 6. The second-order valence-electron chi connectivity index (χ2n) is 20.8. The van der Waals surface area contributed by atoms with Crippen LogP contribution >= 0.6 is 0 Å². The Morgan fingerprint density at radius 2 is 0.739 bits per heavy atom. The molecule has 0 atom stereocenters. The zero-order valence-corrected chi connectivity index (χ0v) is 42.5. The molecule has 0 aromatic heterocycles. The van der Waals surface area contributed by atoms with Gasteiger partial charge in [0.2, 0.25) is 13.4 Å². The Morgan fingerprint density at radius 1 is 0.304 bits per heavy atom. The van der Waals surface area contributed by atoms with Crippen LogP contribution in [0.15, 0.2) is 152 Å². The number of aryl methyl sites for hydroxylation is 12. The fourth-order valence-corrected chi connectivity index (χ4v) is 13.4. The molecule has 69 heavy (non-hydrogen) atoms. The molecule has 0 saturated heterocycles. The highest BCUT2D eigenvalue weighted by atomic mass is 15.2. The summed E-state index contributed by atoms with van der Waals surface area (Å²) in [5, 5.41) is 7.77. The van der Waals surface area contributed by atoms with Gasteiger partial charge in [0.15, 0.2) is 0 Å². The van der Waals surface area contributed by atoms with Crippen LogP contribution in [0.2, 0.25) is 0 Å². The monoisotopic (exact) mass is 889 g/mol. The van der Waals surface area contributed by atoms with Gasteiger partial charge in [-0.1, -0.05) is 221 Å². The molecule has 10 aromatic rings.